The van der Waals surface area contributed by atoms with Gasteiger partial charge in [0.15, 0.2) is 0 Å². The summed E-state index contributed by atoms with van der Waals surface area (Å²) in [4.78, 5) is 21.4. The molecule has 0 radical (unpaired) electrons. The quantitative estimate of drug-likeness (QED) is 0.490. The fourth-order valence-corrected chi connectivity index (χ4v) is 4.09. The van der Waals surface area contributed by atoms with E-state index in [1.54, 1.807) is 12.1 Å². The van der Waals surface area contributed by atoms with Crippen LogP contribution in [0.5, 0.6) is 0 Å². The van der Waals surface area contributed by atoms with E-state index in [-0.39, 0.29) is 18.2 Å². The van der Waals surface area contributed by atoms with E-state index >= 15 is 0 Å². The summed E-state index contributed by atoms with van der Waals surface area (Å²) < 4.78 is 37.6. The molecule has 1 N–H and O–H groups in total. The molecule has 0 aliphatic rings. The van der Waals surface area contributed by atoms with Crippen LogP contribution in [0.25, 0.3) is 11.3 Å². The minimum Gasteiger partial charge on any atom is -0.349 e. The molecular formula is C19H15ClF3N3OS2. The number of amides is 1. The van der Waals surface area contributed by atoms with Gasteiger partial charge in [0.05, 0.1) is 28.6 Å². The first-order valence-electron chi connectivity index (χ1n) is 8.37. The van der Waals surface area contributed by atoms with Crippen molar-refractivity contribution in [3.63, 3.8) is 0 Å². The summed E-state index contributed by atoms with van der Waals surface area (Å²) in [6, 6.07) is 9.57. The Morgan fingerprint density at radius 1 is 1.21 bits per heavy atom. The van der Waals surface area contributed by atoms with Gasteiger partial charge >= 0.3 is 6.18 Å². The van der Waals surface area contributed by atoms with Crippen LogP contribution in [0, 0.1) is 6.92 Å². The first-order chi connectivity index (χ1) is 13.7. The molecule has 0 fully saturated rings. The molecule has 0 aliphatic carbocycles. The van der Waals surface area contributed by atoms with Crippen LogP contribution in [0.2, 0.25) is 5.02 Å². The van der Waals surface area contributed by atoms with Gasteiger partial charge in [-0.25, -0.2) is 9.97 Å². The maximum atomic E-state index is 12.5. The highest BCUT2D eigenvalue weighted by Crippen LogP contribution is 2.30. The Kier molecular flexibility index (Phi) is 6.81. The zero-order valence-electron chi connectivity index (χ0n) is 15.1. The lowest BCUT2D eigenvalue weighted by Gasteiger charge is -2.06. The summed E-state index contributed by atoms with van der Waals surface area (Å²) in [5.74, 6) is -0.204. The minimum atomic E-state index is -4.43. The summed E-state index contributed by atoms with van der Waals surface area (Å²) in [6.07, 6.45) is -3.67. The van der Waals surface area contributed by atoms with E-state index in [0.29, 0.717) is 10.0 Å². The van der Waals surface area contributed by atoms with Crippen molar-refractivity contribution >= 4 is 40.6 Å². The Hall–Kier alpha value is -2.10. The molecule has 0 atom stereocenters. The van der Waals surface area contributed by atoms with Crippen LogP contribution in [-0.2, 0) is 17.5 Å². The van der Waals surface area contributed by atoms with Crippen LogP contribution in [-0.4, -0.2) is 21.6 Å². The van der Waals surface area contributed by atoms with Gasteiger partial charge in [0, 0.05) is 21.7 Å². The van der Waals surface area contributed by atoms with Gasteiger partial charge in [0.25, 0.3) is 0 Å². The van der Waals surface area contributed by atoms with Crippen LogP contribution in [0.15, 0.2) is 47.6 Å². The van der Waals surface area contributed by atoms with Crippen molar-refractivity contribution < 1.29 is 18.0 Å². The number of aromatic nitrogens is 2. The number of thioether (sulfide) groups is 1. The van der Waals surface area contributed by atoms with Gasteiger partial charge in [-0.05, 0) is 31.2 Å². The molecule has 1 aromatic carbocycles. The predicted molar refractivity (Wildman–Crippen MR) is 109 cm³/mol. The number of carbonyl (C=O) groups excluding carboxylic acids is 1. The summed E-state index contributed by atoms with van der Waals surface area (Å²) in [5, 5.41) is 4.53. The molecule has 1 amide bonds. The highest BCUT2D eigenvalue weighted by molar-refractivity contribution is 7.99. The zero-order valence-corrected chi connectivity index (χ0v) is 17.5. The maximum Gasteiger partial charge on any atom is 0.417 e. The third-order valence-electron chi connectivity index (χ3n) is 3.81. The summed E-state index contributed by atoms with van der Waals surface area (Å²) >= 11 is 8.47. The highest BCUT2D eigenvalue weighted by Gasteiger charge is 2.30. The van der Waals surface area contributed by atoms with E-state index in [2.05, 4.69) is 15.3 Å². The van der Waals surface area contributed by atoms with E-state index in [1.807, 2.05) is 19.1 Å². The first kappa shape index (κ1) is 21.6. The van der Waals surface area contributed by atoms with Gasteiger partial charge in [-0.1, -0.05) is 35.5 Å². The molecule has 29 heavy (non-hydrogen) atoms. The number of rotatable bonds is 6. The van der Waals surface area contributed by atoms with Gasteiger partial charge in [0.1, 0.15) is 5.01 Å². The average Bonchev–Trinajstić information content (AvgIpc) is 3.05. The van der Waals surface area contributed by atoms with E-state index in [0.717, 1.165) is 45.2 Å². The number of nitrogens with zero attached hydrogens (tertiary/aromatic N) is 2. The van der Waals surface area contributed by atoms with Crippen molar-refractivity contribution in [3.8, 4) is 11.3 Å². The molecule has 0 spiro atoms. The number of aryl methyl sites for hydroxylation is 1. The number of hydrogen-bond acceptors (Lipinski definition) is 5. The second-order valence-corrected chi connectivity index (χ2v) is 8.69. The van der Waals surface area contributed by atoms with E-state index in [9.17, 15) is 18.0 Å². The molecule has 0 bridgehead atoms. The number of pyridine rings is 1. The molecule has 10 heteroatoms. The predicted octanol–water partition coefficient (Wildman–Crippen LogP) is 5.59. The van der Waals surface area contributed by atoms with E-state index < -0.39 is 11.7 Å². The molecule has 2 aromatic heterocycles. The van der Waals surface area contributed by atoms with Crippen molar-refractivity contribution in [2.24, 2.45) is 0 Å². The van der Waals surface area contributed by atoms with Gasteiger partial charge in [-0.15, -0.1) is 11.3 Å². The number of nitrogens with one attached hydrogen (secondary N) is 1. The third kappa shape index (κ3) is 5.94. The Labute approximate surface area is 178 Å². The minimum absolute atomic E-state index is 0.0484. The van der Waals surface area contributed by atoms with Gasteiger partial charge < -0.3 is 5.32 Å². The number of carbonyl (C=O) groups is 1. The van der Waals surface area contributed by atoms with Gasteiger partial charge in [-0.2, -0.15) is 13.2 Å². The molecule has 152 valence electrons. The fraction of sp³-hybridized carbons (Fsp3) is 0.211. The van der Waals surface area contributed by atoms with Crippen LogP contribution in [0.4, 0.5) is 13.2 Å². The monoisotopic (exact) mass is 457 g/mol. The number of thiazole rings is 1. The number of alkyl halides is 3. The molecule has 0 unspecified atom stereocenters. The van der Waals surface area contributed by atoms with E-state index in [4.69, 9.17) is 11.6 Å². The van der Waals surface area contributed by atoms with Crippen molar-refractivity contribution in [2.45, 2.75) is 24.7 Å². The lowest BCUT2D eigenvalue weighted by molar-refractivity contribution is -0.137. The van der Waals surface area contributed by atoms with Crippen molar-refractivity contribution in [3.05, 3.63) is 63.1 Å². The normalized spacial score (nSPS) is 11.5. The largest absolute Gasteiger partial charge is 0.417 e. The lowest BCUT2D eigenvalue weighted by Crippen LogP contribution is -2.24. The van der Waals surface area contributed by atoms with Crippen LogP contribution < -0.4 is 5.32 Å². The second-order valence-electron chi connectivity index (χ2n) is 5.97. The Balaban J connectivity index is 1.52. The molecule has 3 aromatic rings. The molecule has 3 rings (SSSR count). The molecule has 0 saturated heterocycles. The van der Waals surface area contributed by atoms with Crippen LogP contribution in [0.3, 0.4) is 0 Å². The first-order valence-corrected chi connectivity index (χ1v) is 10.6. The van der Waals surface area contributed by atoms with Crippen LogP contribution in [0.1, 0.15) is 15.4 Å². The fourth-order valence-electron chi connectivity index (χ4n) is 2.40. The third-order valence-corrected chi connectivity index (χ3v) is 5.98. The second kappa shape index (κ2) is 9.15. The molecule has 0 saturated carbocycles. The van der Waals surface area contributed by atoms with Gasteiger partial charge in [-0.3, -0.25) is 4.79 Å². The summed E-state index contributed by atoms with van der Waals surface area (Å²) in [6.45, 7) is 2.23. The topological polar surface area (TPSA) is 54.9 Å². The van der Waals surface area contributed by atoms with Crippen molar-refractivity contribution in [1.82, 2.24) is 15.3 Å². The van der Waals surface area contributed by atoms with E-state index in [1.165, 1.54) is 17.4 Å². The number of benzene rings is 1. The SMILES string of the molecule is Cc1sc(CNC(=O)CSc2ccc(C(F)(F)F)cn2)nc1-c1ccc(Cl)cc1. The Morgan fingerprint density at radius 2 is 1.93 bits per heavy atom. The van der Waals surface area contributed by atoms with Crippen LogP contribution >= 0.6 is 34.7 Å². The molecule has 4 nitrogen and oxygen atoms in total. The summed E-state index contributed by atoms with van der Waals surface area (Å²) in [7, 11) is 0. The molecular weight excluding hydrogens is 443 g/mol. The summed E-state index contributed by atoms with van der Waals surface area (Å²) in [5.41, 5.74) is 0.978. The highest BCUT2D eigenvalue weighted by atomic mass is 35.5. The van der Waals surface area contributed by atoms with Gasteiger partial charge in [0.2, 0.25) is 5.91 Å². The number of hydrogen-bond donors (Lipinski definition) is 1. The maximum absolute atomic E-state index is 12.5. The van der Waals surface area contributed by atoms with Crippen molar-refractivity contribution in [1.29, 1.82) is 0 Å². The Morgan fingerprint density at radius 3 is 2.55 bits per heavy atom. The molecule has 0 aliphatic heterocycles. The standard InChI is InChI=1S/C19H15ClF3N3OS2/c1-11-18(12-2-5-14(20)6-3-12)26-17(29-11)9-24-15(27)10-28-16-7-4-13(8-25-16)19(21,22)23/h2-8H,9-10H2,1H3,(H,24,27). The molecule has 2 heterocycles. The Bertz CT molecular complexity index is 989. The van der Waals surface area contributed by atoms with Crippen molar-refractivity contribution in [2.75, 3.05) is 5.75 Å². The zero-order chi connectivity index (χ0) is 21.0. The average molecular weight is 458 g/mol. The smallest absolute Gasteiger partial charge is 0.349 e. The number of halogens is 4. The lowest BCUT2D eigenvalue weighted by atomic mass is 10.1.